The van der Waals surface area contributed by atoms with Crippen LogP contribution in [0.3, 0.4) is 0 Å². The van der Waals surface area contributed by atoms with Gasteiger partial charge < -0.3 is 40.0 Å². The number of benzene rings is 6. The lowest BCUT2D eigenvalue weighted by molar-refractivity contribution is -0.277. The predicted molar refractivity (Wildman–Crippen MR) is 235 cm³/mol. The zero-order valence-corrected chi connectivity index (χ0v) is 34.3. The number of halogens is 1. The highest BCUT2D eigenvalue weighted by Gasteiger charge is 2.41. The van der Waals surface area contributed by atoms with E-state index < -0.39 is 11.9 Å². The van der Waals surface area contributed by atoms with Gasteiger partial charge in [-0.25, -0.2) is 4.79 Å². The van der Waals surface area contributed by atoms with Gasteiger partial charge in [-0.15, -0.1) is 0 Å². The van der Waals surface area contributed by atoms with Crippen molar-refractivity contribution in [1.82, 2.24) is 10.2 Å². The summed E-state index contributed by atoms with van der Waals surface area (Å²) in [5, 5.41) is 27.8. The van der Waals surface area contributed by atoms with Crippen LogP contribution < -0.4 is 15.4 Å². The minimum absolute atomic E-state index is 0.0216. The number of carbonyl (C=O) groups is 1. The Hall–Kier alpha value is -5.52. The van der Waals surface area contributed by atoms with E-state index in [-0.39, 0.29) is 30.8 Å². The highest BCUT2D eigenvalue weighted by atomic mass is 35.5. The average molecular weight is 824 g/mol. The molecule has 2 heterocycles. The number of likely N-dealkylation sites (tertiary alicyclic amines) is 1. The third-order valence-electron chi connectivity index (χ3n) is 11.7. The van der Waals surface area contributed by atoms with Crippen LogP contribution in [-0.2, 0) is 28.2 Å². The number of urea groups is 1. The first-order valence-corrected chi connectivity index (χ1v) is 20.9. The molecule has 6 aromatic rings. The fourth-order valence-corrected chi connectivity index (χ4v) is 8.22. The summed E-state index contributed by atoms with van der Waals surface area (Å²) in [6.45, 7) is 4.64. The molecule has 6 aromatic carbocycles. The Morgan fingerprint density at radius 1 is 0.783 bits per heavy atom. The van der Waals surface area contributed by atoms with E-state index in [1.807, 2.05) is 133 Å². The van der Waals surface area contributed by atoms with Gasteiger partial charge in [-0.3, -0.25) is 0 Å². The molecule has 0 aliphatic carbocycles. The molecule has 2 fully saturated rings. The lowest BCUT2D eigenvalue weighted by atomic mass is 9.84. The van der Waals surface area contributed by atoms with Gasteiger partial charge in [0.25, 0.3) is 0 Å². The molecule has 4 atom stereocenters. The standard InChI is InChI=1S/C50H50ClN3O6/c1-34-46(32-54-29-27-50(57,28-30-54)40-19-21-41(51)22-20-40)59-48(60-47(34)37-13-11-35(33-55)12-14-37)38-17-15-36(16-18-38)45-10-6-5-7-39(45)31-52-49(56)53-42-23-25-44(26-24-42)58-43-8-3-2-4-9-43/h2-26,34,46-48,55,57H,27-33H2,1H3,(H2,52,53,56). The van der Waals surface area contributed by atoms with Gasteiger partial charge in [-0.2, -0.15) is 0 Å². The van der Waals surface area contributed by atoms with Crippen LogP contribution in [0.5, 0.6) is 11.5 Å². The average Bonchev–Trinajstić information content (AvgIpc) is 3.28. The summed E-state index contributed by atoms with van der Waals surface area (Å²) in [5.41, 5.74) is 6.43. The zero-order valence-electron chi connectivity index (χ0n) is 33.5. The molecule has 10 heteroatoms. The first kappa shape index (κ1) is 41.2. The third-order valence-corrected chi connectivity index (χ3v) is 11.9. The molecule has 2 aliphatic rings. The number of hydrogen-bond acceptors (Lipinski definition) is 7. The normalized spacial score (nSPS) is 20.3. The molecule has 308 valence electrons. The number of ether oxygens (including phenoxy) is 3. The van der Waals surface area contributed by atoms with Gasteiger partial charge >= 0.3 is 6.03 Å². The molecule has 8 rings (SSSR count). The third kappa shape index (κ3) is 9.91. The van der Waals surface area contributed by atoms with Crippen molar-refractivity contribution in [1.29, 1.82) is 0 Å². The molecule has 0 bridgehead atoms. The quantitative estimate of drug-likeness (QED) is 0.0972. The first-order chi connectivity index (χ1) is 29.2. The van der Waals surface area contributed by atoms with Crippen LogP contribution in [0.1, 0.15) is 60.0 Å². The molecule has 9 nitrogen and oxygen atoms in total. The summed E-state index contributed by atoms with van der Waals surface area (Å²) < 4.78 is 19.4. The molecule has 2 aliphatic heterocycles. The summed E-state index contributed by atoms with van der Waals surface area (Å²) in [6.07, 6.45) is 0.230. The molecule has 4 N–H and O–H groups in total. The smallest absolute Gasteiger partial charge is 0.319 e. The van der Waals surface area contributed by atoms with Crippen molar-refractivity contribution in [3.8, 4) is 22.6 Å². The largest absolute Gasteiger partial charge is 0.457 e. The Morgan fingerprint density at radius 2 is 1.43 bits per heavy atom. The van der Waals surface area contributed by atoms with Crippen LogP contribution in [0.25, 0.3) is 11.1 Å². The van der Waals surface area contributed by atoms with E-state index in [1.165, 1.54) is 0 Å². The Bertz CT molecular complexity index is 2320. The fourth-order valence-electron chi connectivity index (χ4n) is 8.09. The fraction of sp³-hybridized carbons (Fsp3) is 0.260. The molecular weight excluding hydrogens is 774 g/mol. The molecule has 0 aromatic heterocycles. The Kier molecular flexibility index (Phi) is 12.9. The highest BCUT2D eigenvalue weighted by molar-refractivity contribution is 6.30. The molecule has 2 amide bonds. The minimum atomic E-state index is -0.891. The topological polar surface area (TPSA) is 113 Å². The van der Waals surface area contributed by atoms with Gasteiger partial charge in [0.1, 0.15) is 11.5 Å². The maximum Gasteiger partial charge on any atom is 0.319 e. The van der Waals surface area contributed by atoms with Crippen LogP contribution in [0, 0.1) is 5.92 Å². The number of aliphatic hydroxyl groups is 2. The van der Waals surface area contributed by atoms with Crippen molar-refractivity contribution >= 4 is 23.3 Å². The number of nitrogens with one attached hydrogen (secondary N) is 2. The summed E-state index contributed by atoms with van der Waals surface area (Å²) in [4.78, 5) is 15.3. The summed E-state index contributed by atoms with van der Waals surface area (Å²) in [5.74, 6) is 1.45. The second-order valence-corrected chi connectivity index (χ2v) is 16.1. The number of carbonyl (C=O) groups excluding carboxylic acids is 1. The van der Waals surface area contributed by atoms with Crippen molar-refractivity contribution in [2.75, 3.05) is 25.0 Å². The number of aliphatic hydroxyl groups excluding tert-OH is 1. The molecule has 0 radical (unpaired) electrons. The molecule has 0 saturated carbocycles. The van der Waals surface area contributed by atoms with Gasteiger partial charge in [0, 0.05) is 48.4 Å². The van der Waals surface area contributed by atoms with Crippen molar-refractivity contribution in [2.45, 2.75) is 57.0 Å². The predicted octanol–water partition coefficient (Wildman–Crippen LogP) is 10.4. The van der Waals surface area contributed by atoms with Crippen molar-refractivity contribution in [3.05, 3.63) is 184 Å². The number of rotatable bonds is 12. The number of para-hydroxylation sites is 1. The van der Waals surface area contributed by atoms with Crippen LogP contribution in [-0.4, -0.2) is 46.9 Å². The zero-order chi connectivity index (χ0) is 41.5. The summed E-state index contributed by atoms with van der Waals surface area (Å²) in [6, 6.07) is 48.2. The Morgan fingerprint density at radius 3 is 2.13 bits per heavy atom. The number of hydrogen-bond donors (Lipinski definition) is 4. The van der Waals surface area contributed by atoms with E-state index >= 15 is 0 Å². The summed E-state index contributed by atoms with van der Waals surface area (Å²) in [7, 11) is 0. The van der Waals surface area contributed by atoms with E-state index in [0.717, 1.165) is 57.8 Å². The van der Waals surface area contributed by atoms with Crippen LogP contribution in [0.2, 0.25) is 5.02 Å². The lowest BCUT2D eigenvalue weighted by Gasteiger charge is -2.45. The van der Waals surface area contributed by atoms with Crippen LogP contribution >= 0.6 is 11.6 Å². The molecule has 4 unspecified atom stereocenters. The van der Waals surface area contributed by atoms with E-state index in [1.54, 1.807) is 0 Å². The number of piperidine rings is 1. The lowest BCUT2D eigenvalue weighted by Crippen LogP contribution is -2.49. The van der Waals surface area contributed by atoms with Crippen molar-refractivity contribution in [3.63, 3.8) is 0 Å². The SMILES string of the molecule is CC1C(CN2CCC(O)(c3ccc(Cl)cc3)CC2)OC(c2ccc(-c3ccccc3CNC(=O)Nc3ccc(Oc4ccccc4)cc3)cc2)OC1c1ccc(CO)cc1. The second-order valence-electron chi connectivity index (χ2n) is 15.7. The van der Waals surface area contributed by atoms with Crippen LogP contribution in [0.4, 0.5) is 10.5 Å². The monoisotopic (exact) mass is 823 g/mol. The van der Waals surface area contributed by atoms with E-state index in [2.05, 4.69) is 40.7 Å². The Labute approximate surface area is 356 Å². The maximum absolute atomic E-state index is 13.0. The van der Waals surface area contributed by atoms with Gasteiger partial charge in [-0.1, -0.05) is 122 Å². The second kappa shape index (κ2) is 18.8. The molecule has 2 saturated heterocycles. The van der Waals surface area contributed by atoms with E-state index in [0.29, 0.717) is 42.4 Å². The van der Waals surface area contributed by atoms with Gasteiger partial charge in [0.2, 0.25) is 0 Å². The van der Waals surface area contributed by atoms with Crippen molar-refractivity contribution in [2.24, 2.45) is 5.92 Å². The molecule has 60 heavy (non-hydrogen) atoms. The van der Waals surface area contributed by atoms with Gasteiger partial charge in [0.05, 0.1) is 24.4 Å². The van der Waals surface area contributed by atoms with Crippen molar-refractivity contribution < 1.29 is 29.2 Å². The number of nitrogens with zero attached hydrogens (tertiary/aromatic N) is 1. The summed E-state index contributed by atoms with van der Waals surface area (Å²) >= 11 is 6.13. The van der Waals surface area contributed by atoms with Crippen LogP contribution in [0.15, 0.2) is 152 Å². The molecule has 0 spiro atoms. The van der Waals surface area contributed by atoms with E-state index in [9.17, 15) is 15.0 Å². The van der Waals surface area contributed by atoms with Gasteiger partial charge in [-0.05, 0) is 94.8 Å². The first-order valence-electron chi connectivity index (χ1n) is 20.5. The molecular formula is C50H50ClN3O6. The number of amides is 2. The highest BCUT2D eigenvalue weighted by Crippen LogP contribution is 2.43. The number of anilines is 1. The van der Waals surface area contributed by atoms with Gasteiger partial charge in [0.15, 0.2) is 6.29 Å². The Balaban J connectivity index is 0.928. The minimum Gasteiger partial charge on any atom is -0.457 e. The maximum atomic E-state index is 13.0. The van der Waals surface area contributed by atoms with E-state index in [4.69, 9.17) is 25.8 Å².